The topological polar surface area (TPSA) is 84.7 Å². The van der Waals surface area contributed by atoms with Crippen molar-refractivity contribution in [3.8, 4) is 0 Å². The number of morpholine rings is 1. The van der Waals surface area contributed by atoms with Crippen molar-refractivity contribution in [2.75, 3.05) is 19.7 Å². The maximum absolute atomic E-state index is 13.6. The fraction of sp³-hybridized carbons (Fsp3) is 0.680. The number of hydrogen-bond acceptors (Lipinski definition) is 4. The second kappa shape index (κ2) is 9.14. The molecular formula is C25H29F6N3O3. The Labute approximate surface area is 209 Å². The average Bonchev–Trinajstić information content (AvgIpc) is 2.80. The molecule has 1 aliphatic heterocycles. The number of amides is 2. The van der Waals surface area contributed by atoms with Gasteiger partial charge in [0.15, 0.2) is 0 Å². The fourth-order valence-corrected chi connectivity index (χ4v) is 7.22. The number of halogens is 6. The zero-order chi connectivity index (χ0) is 26.8. The third kappa shape index (κ3) is 5.06. The highest BCUT2D eigenvalue weighted by atomic mass is 19.4. The van der Waals surface area contributed by atoms with Gasteiger partial charge in [-0.3, -0.25) is 14.5 Å². The summed E-state index contributed by atoms with van der Waals surface area (Å²) in [6.07, 6.45) is -6.83. The molecule has 4 bridgehead atoms. The summed E-state index contributed by atoms with van der Waals surface area (Å²) in [6, 6.07) is 1.51. The number of benzene rings is 1. The zero-order valence-corrected chi connectivity index (χ0v) is 20.0. The molecule has 0 aromatic heterocycles. The van der Waals surface area contributed by atoms with E-state index in [9.17, 15) is 35.9 Å². The number of nitrogens with one attached hydrogen (secondary N) is 1. The number of nitrogens with two attached hydrogens (primary N) is 1. The van der Waals surface area contributed by atoms with Gasteiger partial charge in [-0.2, -0.15) is 26.3 Å². The predicted octanol–water partition coefficient (Wildman–Crippen LogP) is 3.72. The van der Waals surface area contributed by atoms with Crippen LogP contribution in [0.1, 0.15) is 48.8 Å². The van der Waals surface area contributed by atoms with Crippen LogP contribution in [0.4, 0.5) is 26.3 Å². The SMILES string of the molecule is NC(=O)C12CC3CC(C1)C(NC(=O)[C@H]1CN(Cc4ccc(C(F)(F)F)cc4C(F)(F)F)CCO1)C(C3)C2. The molecule has 1 saturated heterocycles. The second-order valence-electron chi connectivity index (χ2n) is 11.1. The normalized spacial score (nSPS) is 33.9. The Hall–Kier alpha value is -2.34. The zero-order valence-electron chi connectivity index (χ0n) is 20.0. The molecule has 3 N–H and O–H groups in total. The molecule has 1 heterocycles. The van der Waals surface area contributed by atoms with Gasteiger partial charge in [0.05, 0.1) is 17.7 Å². The molecule has 204 valence electrons. The Balaban J connectivity index is 1.25. The number of primary amides is 1. The van der Waals surface area contributed by atoms with Crippen LogP contribution < -0.4 is 11.1 Å². The van der Waals surface area contributed by atoms with Gasteiger partial charge in [0.2, 0.25) is 5.91 Å². The van der Waals surface area contributed by atoms with Gasteiger partial charge in [0.1, 0.15) is 6.10 Å². The second-order valence-corrected chi connectivity index (χ2v) is 11.1. The summed E-state index contributed by atoms with van der Waals surface area (Å²) in [4.78, 5) is 26.9. The number of carbonyl (C=O) groups excluding carboxylic acids is 2. The molecule has 12 heteroatoms. The van der Waals surface area contributed by atoms with Crippen LogP contribution in [0.5, 0.6) is 0 Å². The van der Waals surface area contributed by atoms with Crippen LogP contribution in [-0.2, 0) is 33.2 Å². The third-order valence-corrected chi connectivity index (χ3v) is 8.68. The largest absolute Gasteiger partial charge is 0.416 e. The first-order valence-corrected chi connectivity index (χ1v) is 12.5. The molecule has 0 spiro atoms. The van der Waals surface area contributed by atoms with E-state index in [1.807, 2.05) is 0 Å². The molecule has 4 aliphatic carbocycles. The summed E-state index contributed by atoms with van der Waals surface area (Å²) < 4.78 is 85.2. The third-order valence-electron chi connectivity index (χ3n) is 8.68. The summed E-state index contributed by atoms with van der Waals surface area (Å²) in [5, 5.41) is 3.08. The van der Waals surface area contributed by atoms with Gasteiger partial charge < -0.3 is 15.8 Å². The van der Waals surface area contributed by atoms with Crippen molar-refractivity contribution in [1.82, 2.24) is 10.2 Å². The van der Waals surface area contributed by atoms with Gasteiger partial charge >= 0.3 is 12.4 Å². The van der Waals surface area contributed by atoms with Crippen LogP contribution in [-0.4, -0.2) is 48.6 Å². The number of rotatable bonds is 5. The van der Waals surface area contributed by atoms with Crippen molar-refractivity contribution >= 4 is 11.8 Å². The van der Waals surface area contributed by atoms with Crippen LogP contribution in [0.25, 0.3) is 0 Å². The number of nitrogens with zero attached hydrogens (tertiary/aromatic N) is 1. The number of carbonyl (C=O) groups is 2. The Morgan fingerprint density at radius 1 is 1.05 bits per heavy atom. The van der Waals surface area contributed by atoms with E-state index in [1.54, 1.807) is 4.90 Å². The summed E-state index contributed by atoms with van der Waals surface area (Å²) in [5.74, 6) is 0.0714. The Kier molecular flexibility index (Phi) is 6.49. The lowest BCUT2D eigenvalue weighted by molar-refractivity contribution is -0.152. The van der Waals surface area contributed by atoms with Crippen molar-refractivity contribution in [3.05, 3.63) is 34.9 Å². The summed E-state index contributed by atoms with van der Waals surface area (Å²) >= 11 is 0. The molecule has 6 rings (SSSR count). The summed E-state index contributed by atoms with van der Waals surface area (Å²) in [5.41, 5.74) is 2.23. The predicted molar refractivity (Wildman–Crippen MR) is 119 cm³/mol. The number of ether oxygens (including phenoxy) is 1. The lowest BCUT2D eigenvalue weighted by atomic mass is 9.47. The highest BCUT2D eigenvalue weighted by Crippen LogP contribution is 2.60. The molecular weight excluding hydrogens is 504 g/mol. The van der Waals surface area contributed by atoms with Crippen molar-refractivity contribution < 1.29 is 40.7 Å². The van der Waals surface area contributed by atoms with Gasteiger partial charge in [-0.1, -0.05) is 6.07 Å². The molecule has 2 amide bonds. The molecule has 1 aromatic carbocycles. The van der Waals surface area contributed by atoms with E-state index in [2.05, 4.69) is 5.32 Å². The van der Waals surface area contributed by atoms with E-state index >= 15 is 0 Å². The average molecular weight is 534 g/mol. The number of hydrogen-bond donors (Lipinski definition) is 2. The van der Waals surface area contributed by atoms with E-state index in [0.29, 0.717) is 24.8 Å². The molecule has 2 unspecified atom stereocenters. The first-order chi connectivity index (χ1) is 17.2. The molecule has 0 radical (unpaired) electrons. The van der Waals surface area contributed by atoms with Gasteiger partial charge in [-0.25, -0.2) is 0 Å². The van der Waals surface area contributed by atoms with E-state index < -0.39 is 35.0 Å². The van der Waals surface area contributed by atoms with E-state index in [1.165, 1.54) is 0 Å². The lowest BCUT2D eigenvalue weighted by Gasteiger charge is -2.59. The van der Waals surface area contributed by atoms with E-state index in [-0.39, 0.29) is 67.6 Å². The van der Waals surface area contributed by atoms with Gasteiger partial charge in [-0.15, -0.1) is 0 Å². The molecule has 37 heavy (non-hydrogen) atoms. The molecule has 4 saturated carbocycles. The summed E-state index contributed by atoms with van der Waals surface area (Å²) in [7, 11) is 0. The van der Waals surface area contributed by atoms with Gasteiger partial charge in [-0.05, 0) is 67.6 Å². The Morgan fingerprint density at radius 2 is 1.73 bits per heavy atom. The van der Waals surface area contributed by atoms with Crippen LogP contribution in [0, 0.1) is 23.2 Å². The quantitative estimate of drug-likeness (QED) is 0.566. The maximum Gasteiger partial charge on any atom is 0.416 e. The highest BCUT2D eigenvalue weighted by molar-refractivity contribution is 5.83. The van der Waals surface area contributed by atoms with Crippen molar-refractivity contribution in [3.63, 3.8) is 0 Å². The Bertz CT molecular complexity index is 1060. The van der Waals surface area contributed by atoms with Crippen LogP contribution in [0.2, 0.25) is 0 Å². The van der Waals surface area contributed by atoms with Crippen LogP contribution in [0.3, 0.4) is 0 Å². The highest BCUT2D eigenvalue weighted by Gasteiger charge is 2.58. The Morgan fingerprint density at radius 3 is 2.32 bits per heavy atom. The van der Waals surface area contributed by atoms with Crippen molar-refractivity contribution in [1.29, 1.82) is 0 Å². The van der Waals surface area contributed by atoms with E-state index in [4.69, 9.17) is 10.5 Å². The fourth-order valence-electron chi connectivity index (χ4n) is 7.22. The smallest absolute Gasteiger partial charge is 0.369 e. The molecule has 3 atom stereocenters. The first kappa shape index (κ1) is 26.3. The molecule has 5 aliphatic rings. The molecule has 6 nitrogen and oxygen atoms in total. The molecule has 5 fully saturated rings. The minimum atomic E-state index is -4.96. The summed E-state index contributed by atoms with van der Waals surface area (Å²) in [6.45, 7) is 0.0850. The van der Waals surface area contributed by atoms with Crippen LogP contribution in [0.15, 0.2) is 18.2 Å². The van der Waals surface area contributed by atoms with E-state index in [0.717, 1.165) is 25.3 Å². The molecule has 1 aromatic rings. The van der Waals surface area contributed by atoms with Gasteiger partial charge in [0, 0.05) is 31.1 Å². The van der Waals surface area contributed by atoms with Crippen molar-refractivity contribution in [2.24, 2.45) is 28.9 Å². The first-order valence-electron chi connectivity index (χ1n) is 12.5. The van der Waals surface area contributed by atoms with Crippen LogP contribution >= 0.6 is 0 Å². The van der Waals surface area contributed by atoms with Crippen molar-refractivity contribution in [2.45, 2.75) is 63.1 Å². The lowest BCUT2D eigenvalue weighted by Crippen LogP contribution is -2.63. The number of alkyl halides is 6. The van der Waals surface area contributed by atoms with Gasteiger partial charge in [0.25, 0.3) is 5.91 Å². The maximum atomic E-state index is 13.6. The monoisotopic (exact) mass is 533 g/mol. The minimum absolute atomic E-state index is 0.0139. The minimum Gasteiger partial charge on any atom is -0.369 e. The standard InChI is InChI=1S/C25H29F6N3O3/c26-24(27,28)17-2-1-14(18(7-17)25(29,30)31)11-34-3-4-37-19(12-34)21(35)33-20-15-5-13-6-16(20)10-23(8-13,9-15)22(32)36/h1-2,7,13,15-16,19-20H,3-6,8-12H2,(H2,32,36)(H,33,35)/t13?,15?,16?,19-,20?,23?/m1/s1.